The van der Waals surface area contributed by atoms with Crippen molar-refractivity contribution < 1.29 is 14.0 Å². The molecule has 1 atom stereocenters. The molecule has 0 aromatic carbocycles. The van der Waals surface area contributed by atoms with Crippen LogP contribution in [0.15, 0.2) is 28.2 Å². The monoisotopic (exact) mass is 331 g/mol. The van der Waals surface area contributed by atoms with Gasteiger partial charge in [-0.3, -0.25) is 14.5 Å². The van der Waals surface area contributed by atoms with Gasteiger partial charge in [-0.25, -0.2) is 0 Å². The van der Waals surface area contributed by atoms with Gasteiger partial charge in [0.15, 0.2) is 0 Å². The number of aryl methyl sites for hydroxylation is 1. The summed E-state index contributed by atoms with van der Waals surface area (Å²) in [5, 5.41) is 2.87. The molecule has 1 saturated heterocycles. The Morgan fingerprint density at radius 3 is 2.83 bits per heavy atom. The summed E-state index contributed by atoms with van der Waals surface area (Å²) in [7, 11) is 0. The Hall–Kier alpha value is -2.08. The third kappa shape index (κ3) is 3.87. The Kier molecular flexibility index (Phi) is 5.04. The number of amides is 2. The smallest absolute Gasteiger partial charge is 0.237 e. The average Bonchev–Trinajstić information content (AvgIpc) is 2.96. The van der Waals surface area contributed by atoms with E-state index in [9.17, 15) is 9.59 Å². The Balaban J connectivity index is 1.65. The standard InChI is InChI=1S/C18H25N3O3/c1-13-5-8-20(9-6-13)17(22)11-16-18(23)19-7-10-21(16)12-15-4-3-14(2)24-15/h3-5,16H,6-12H2,1-2H3,(H,19,23). The lowest BCUT2D eigenvalue weighted by atomic mass is 10.1. The fourth-order valence-corrected chi connectivity index (χ4v) is 3.24. The summed E-state index contributed by atoms with van der Waals surface area (Å²) in [5.74, 6) is 1.66. The third-order valence-electron chi connectivity index (χ3n) is 4.75. The van der Waals surface area contributed by atoms with Crippen LogP contribution in [0.4, 0.5) is 0 Å². The summed E-state index contributed by atoms with van der Waals surface area (Å²) in [6.45, 7) is 7.27. The lowest BCUT2D eigenvalue weighted by molar-refractivity contribution is -0.139. The second-order valence-electron chi connectivity index (χ2n) is 6.63. The quantitative estimate of drug-likeness (QED) is 0.848. The van der Waals surface area contributed by atoms with Crippen molar-refractivity contribution in [3.8, 4) is 0 Å². The van der Waals surface area contributed by atoms with E-state index in [4.69, 9.17) is 4.42 Å². The van der Waals surface area contributed by atoms with Crippen LogP contribution in [0.1, 0.15) is 31.3 Å². The Morgan fingerprint density at radius 2 is 2.17 bits per heavy atom. The van der Waals surface area contributed by atoms with Crippen LogP contribution in [0.5, 0.6) is 0 Å². The van der Waals surface area contributed by atoms with Gasteiger partial charge in [-0.05, 0) is 32.4 Å². The molecule has 1 aromatic rings. The zero-order chi connectivity index (χ0) is 17.1. The van der Waals surface area contributed by atoms with E-state index in [0.29, 0.717) is 19.6 Å². The Labute approximate surface area is 142 Å². The highest BCUT2D eigenvalue weighted by atomic mass is 16.3. The van der Waals surface area contributed by atoms with Crippen LogP contribution < -0.4 is 5.32 Å². The fraction of sp³-hybridized carbons (Fsp3) is 0.556. The van der Waals surface area contributed by atoms with E-state index in [0.717, 1.165) is 31.0 Å². The van der Waals surface area contributed by atoms with Crippen molar-refractivity contribution in [2.24, 2.45) is 0 Å². The van der Waals surface area contributed by atoms with E-state index < -0.39 is 6.04 Å². The predicted octanol–water partition coefficient (Wildman–Crippen LogP) is 1.46. The SMILES string of the molecule is CC1=CCN(C(=O)CC2C(=O)NCCN2Cc2ccc(C)o2)CC1. The number of rotatable bonds is 4. The molecular formula is C18H25N3O3. The molecule has 1 aromatic heterocycles. The van der Waals surface area contributed by atoms with Crippen molar-refractivity contribution in [3.63, 3.8) is 0 Å². The summed E-state index contributed by atoms with van der Waals surface area (Å²) in [6.07, 6.45) is 3.22. The van der Waals surface area contributed by atoms with Gasteiger partial charge in [0, 0.05) is 26.2 Å². The van der Waals surface area contributed by atoms with Crippen LogP contribution in [0.3, 0.4) is 0 Å². The first kappa shape index (κ1) is 16.8. The van der Waals surface area contributed by atoms with Gasteiger partial charge in [-0.2, -0.15) is 0 Å². The van der Waals surface area contributed by atoms with Crippen molar-refractivity contribution in [1.29, 1.82) is 0 Å². The van der Waals surface area contributed by atoms with E-state index in [-0.39, 0.29) is 18.2 Å². The zero-order valence-corrected chi connectivity index (χ0v) is 14.4. The number of nitrogens with zero attached hydrogens (tertiary/aromatic N) is 2. The summed E-state index contributed by atoms with van der Waals surface area (Å²) >= 11 is 0. The van der Waals surface area contributed by atoms with E-state index in [1.54, 1.807) is 0 Å². The normalized spacial score (nSPS) is 22.2. The molecule has 2 aliphatic heterocycles. The van der Waals surface area contributed by atoms with E-state index in [1.165, 1.54) is 5.57 Å². The van der Waals surface area contributed by atoms with E-state index >= 15 is 0 Å². The molecule has 0 bridgehead atoms. The van der Waals surface area contributed by atoms with Crippen molar-refractivity contribution in [2.45, 2.75) is 39.3 Å². The Bertz CT molecular complexity index is 650. The van der Waals surface area contributed by atoms with Crippen molar-refractivity contribution in [2.75, 3.05) is 26.2 Å². The molecular weight excluding hydrogens is 306 g/mol. The first-order valence-corrected chi connectivity index (χ1v) is 8.53. The predicted molar refractivity (Wildman–Crippen MR) is 90.2 cm³/mol. The zero-order valence-electron chi connectivity index (χ0n) is 14.4. The molecule has 24 heavy (non-hydrogen) atoms. The fourth-order valence-electron chi connectivity index (χ4n) is 3.24. The minimum atomic E-state index is -0.427. The van der Waals surface area contributed by atoms with Gasteiger partial charge in [0.05, 0.1) is 19.0 Å². The van der Waals surface area contributed by atoms with Crippen molar-refractivity contribution in [3.05, 3.63) is 35.3 Å². The molecule has 2 aliphatic rings. The topological polar surface area (TPSA) is 65.8 Å². The maximum Gasteiger partial charge on any atom is 0.237 e. The van der Waals surface area contributed by atoms with E-state index in [1.807, 2.05) is 28.9 Å². The number of carbonyl (C=O) groups is 2. The maximum absolute atomic E-state index is 12.6. The number of nitrogens with one attached hydrogen (secondary N) is 1. The molecule has 0 spiro atoms. The van der Waals surface area contributed by atoms with Crippen molar-refractivity contribution >= 4 is 11.8 Å². The molecule has 1 fully saturated rings. The van der Waals surface area contributed by atoms with Gasteiger partial charge in [0.2, 0.25) is 11.8 Å². The molecule has 1 unspecified atom stereocenters. The van der Waals surface area contributed by atoms with Gasteiger partial charge < -0.3 is 14.6 Å². The molecule has 3 heterocycles. The number of hydrogen-bond acceptors (Lipinski definition) is 4. The first-order valence-electron chi connectivity index (χ1n) is 8.53. The molecule has 0 saturated carbocycles. The highest BCUT2D eigenvalue weighted by Crippen LogP contribution is 2.18. The van der Waals surface area contributed by atoms with Crippen LogP contribution >= 0.6 is 0 Å². The highest BCUT2D eigenvalue weighted by molar-refractivity contribution is 5.89. The van der Waals surface area contributed by atoms with Gasteiger partial charge >= 0.3 is 0 Å². The minimum absolute atomic E-state index is 0.0430. The summed E-state index contributed by atoms with van der Waals surface area (Å²) in [4.78, 5) is 28.8. The summed E-state index contributed by atoms with van der Waals surface area (Å²) in [6, 6.07) is 3.42. The van der Waals surface area contributed by atoms with Gasteiger partial charge in [0.25, 0.3) is 0 Å². The second-order valence-corrected chi connectivity index (χ2v) is 6.63. The minimum Gasteiger partial charge on any atom is -0.465 e. The largest absolute Gasteiger partial charge is 0.465 e. The number of carbonyl (C=O) groups excluding carboxylic acids is 2. The lowest BCUT2D eigenvalue weighted by Gasteiger charge is -2.35. The summed E-state index contributed by atoms with van der Waals surface area (Å²) < 4.78 is 5.63. The van der Waals surface area contributed by atoms with Gasteiger partial charge in [-0.1, -0.05) is 11.6 Å². The van der Waals surface area contributed by atoms with Crippen LogP contribution in [-0.4, -0.2) is 53.8 Å². The second kappa shape index (κ2) is 7.21. The average molecular weight is 331 g/mol. The maximum atomic E-state index is 12.6. The molecule has 6 nitrogen and oxygen atoms in total. The highest BCUT2D eigenvalue weighted by Gasteiger charge is 2.33. The molecule has 3 rings (SSSR count). The van der Waals surface area contributed by atoms with Crippen LogP contribution in [0.25, 0.3) is 0 Å². The number of piperazine rings is 1. The molecule has 0 aliphatic carbocycles. The van der Waals surface area contributed by atoms with Crippen molar-refractivity contribution in [1.82, 2.24) is 15.1 Å². The van der Waals surface area contributed by atoms with Crippen LogP contribution in [-0.2, 0) is 16.1 Å². The Morgan fingerprint density at radius 1 is 1.33 bits per heavy atom. The molecule has 2 amide bonds. The van der Waals surface area contributed by atoms with Gasteiger partial charge in [-0.15, -0.1) is 0 Å². The molecule has 0 radical (unpaired) electrons. The van der Waals surface area contributed by atoms with Crippen LogP contribution in [0, 0.1) is 6.92 Å². The summed E-state index contributed by atoms with van der Waals surface area (Å²) in [5.41, 5.74) is 1.32. The van der Waals surface area contributed by atoms with E-state index in [2.05, 4.69) is 18.3 Å². The molecule has 6 heteroatoms. The molecule has 1 N–H and O–H groups in total. The third-order valence-corrected chi connectivity index (χ3v) is 4.75. The first-order chi connectivity index (χ1) is 11.5. The van der Waals surface area contributed by atoms with Gasteiger partial charge in [0.1, 0.15) is 11.5 Å². The molecule has 130 valence electrons. The lowest BCUT2D eigenvalue weighted by Crippen LogP contribution is -2.56. The number of furan rings is 1. The van der Waals surface area contributed by atoms with Crippen LogP contribution in [0.2, 0.25) is 0 Å². The number of hydrogen-bond donors (Lipinski definition) is 1.